The molecule has 0 fully saturated rings. The monoisotopic (exact) mass is 575 g/mol. The maximum Gasteiger partial charge on any atom is 0.408 e. The first-order chi connectivity index (χ1) is 19.7. The van der Waals surface area contributed by atoms with Crippen LogP contribution in [0.1, 0.15) is 62.9 Å². The Hall–Kier alpha value is -4.53. The molecule has 0 aliphatic rings. The van der Waals surface area contributed by atoms with Crippen molar-refractivity contribution in [2.75, 3.05) is 5.32 Å². The summed E-state index contributed by atoms with van der Waals surface area (Å²) in [4.78, 5) is 42.8. The molecule has 0 bridgehead atoms. The van der Waals surface area contributed by atoms with E-state index in [1.807, 2.05) is 19.1 Å². The minimum absolute atomic E-state index is 0.0630. The van der Waals surface area contributed by atoms with Crippen LogP contribution in [-0.2, 0) is 20.7 Å². The summed E-state index contributed by atoms with van der Waals surface area (Å²) in [5.41, 5.74) is 2.07. The largest absolute Gasteiger partial charge is 0.508 e. The van der Waals surface area contributed by atoms with Gasteiger partial charge in [-0.15, -0.1) is 0 Å². The molecule has 0 radical (unpaired) electrons. The topological polar surface area (TPSA) is 128 Å². The number of hydrogen-bond acceptors (Lipinski definition) is 6. The van der Waals surface area contributed by atoms with Crippen LogP contribution >= 0.6 is 0 Å². The Kier molecular flexibility index (Phi) is 10.2. The van der Waals surface area contributed by atoms with E-state index < -0.39 is 41.6 Å². The van der Waals surface area contributed by atoms with Crippen LogP contribution in [0.5, 0.6) is 11.5 Å². The molecule has 0 aromatic heterocycles. The van der Waals surface area contributed by atoms with E-state index >= 15 is 0 Å². The second-order valence-electron chi connectivity index (χ2n) is 11.6. The third-order valence-corrected chi connectivity index (χ3v) is 6.67. The van der Waals surface area contributed by atoms with Crippen molar-refractivity contribution < 1.29 is 29.3 Å². The van der Waals surface area contributed by atoms with Crippen molar-refractivity contribution in [1.82, 2.24) is 10.2 Å². The number of amides is 3. The number of aryl methyl sites for hydroxylation is 2. The number of benzene rings is 3. The van der Waals surface area contributed by atoms with E-state index in [9.17, 15) is 24.6 Å². The summed E-state index contributed by atoms with van der Waals surface area (Å²) in [6.45, 7) is 12.3. The number of alkyl carbamates (subject to hydrolysis) is 1. The molecular weight excluding hydrogens is 534 g/mol. The number of hydrogen-bond donors (Lipinski definition) is 4. The van der Waals surface area contributed by atoms with Gasteiger partial charge in [0.05, 0.1) is 0 Å². The average molecular weight is 576 g/mol. The Balaban J connectivity index is 2.10. The highest BCUT2D eigenvalue weighted by molar-refractivity contribution is 6.00. The van der Waals surface area contributed by atoms with Gasteiger partial charge in [-0.2, -0.15) is 0 Å². The third kappa shape index (κ3) is 8.25. The summed E-state index contributed by atoms with van der Waals surface area (Å²) in [6.07, 6.45) is -0.726. The summed E-state index contributed by atoms with van der Waals surface area (Å²) in [5, 5.41) is 26.5. The van der Waals surface area contributed by atoms with Crippen molar-refractivity contribution in [2.24, 2.45) is 0 Å². The minimum Gasteiger partial charge on any atom is -0.508 e. The summed E-state index contributed by atoms with van der Waals surface area (Å²) in [6, 6.07) is 15.7. The zero-order valence-electron chi connectivity index (χ0n) is 25.3. The van der Waals surface area contributed by atoms with Gasteiger partial charge in [-0.3, -0.25) is 9.59 Å². The quantitative estimate of drug-likeness (QED) is 0.257. The van der Waals surface area contributed by atoms with Gasteiger partial charge in [0.1, 0.15) is 29.2 Å². The molecule has 3 aromatic rings. The summed E-state index contributed by atoms with van der Waals surface area (Å²) in [5.74, 6) is -1.10. The Labute approximate surface area is 247 Å². The predicted molar refractivity (Wildman–Crippen MR) is 162 cm³/mol. The normalized spacial score (nSPS) is 12.8. The van der Waals surface area contributed by atoms with Crippen molar-refractivity contribution >= 4 is 23.6 Å². The molecular formula is C33H41N3O6. The van der Waals surface area contributed by atoms with Crippen LogP contribution < -0.4 is 10.6 Å². The first kappa shape index (κ1) is 32.0. The molecule has 0 aliphatic carbocycles. The van der Waals surface area contributed by atoms with Crippen molar-refractivity contribution in [3.05, 3.63) is 89.0 Å². The Morgan fingerprint density at radius 2 is 1.50 bits per heavy atom. The summed E-state index contributed by atoms with van der Waals surface area (Å²) < 4.78 is 5.45. The Morgan fingerprint density at radius 1 is 0.881 bits per heavy atom. The van der Waals surface area contributed by atoms with Crippen LogP contribution in [-0.4, -0.2) is 50.7 Å². The van der Waals surface area contributed by atoms with E-state index in [0.717, 1.165) is 5.56 Å². The van der Waals surface area contributed by atoms with Gasteiger partial charge in [0.2, 0.25) is 5.91 Å². The number of nitrogens with zero attached hydrogens (tertiary/aromatic N) is 1. The lowest BCUT2D eigenvalue weighted by molar-refractivity contribution is -0.143. The number of phenolic OH excluding ortho intramolecular Hbond substituents is 2. The van der Waals surface area contributed by atoms with E-state index in [4.69, 9.17) is 4.74 Å². The first-order valence-electron chi connectivity index (χ1n) is 13.9. The van der Waals surface area contributed by atoms with Gasteiger partial charge in [-0.25, -0.2) is 4.79 Å². The number of para-hydroxylation sites is 2. The summed E-state index contributed by atoms with van der Waals surface area (Å²) in [7, 11) is 0. The smallest absolute Gasteiger partial charge is 0.408 e. The molecule has 3 rings (SSSR count). The lowest BCUT2D eigenvalue weighted by Gasteiger charge is -2.37. The lowest BCUT2D eigenvalue weighted by atomic mass is 9.96. The fourth-order valence-electron chi connectivity index (χ4n) is 4.61. The van der Waals surface area contributed by atoms with E-state index in [-0.39, 0.29) is 23.5 Å². The molecule has 0 spiro atoms. The first-order valence-corrected chi connectivity index (χ1v) is 13.9. The van der Waals surface area contributed by atoms with Gasteiger partial charge >= 0.3 is 6.09 Å². The molecule has 42 heavy (non-hydrogen) atoms. The zero-order chi connectivity index (χ0) is 31.2. The molecule has 4 N–H and O–H groups in total. The second-order valence-corrected chi connectivity index (χ2v) is 11.6. The molecule has 9 heteroatoms. The van der Waals surface area contributed by atoms with Crippen molar-refractivity contribution in [2.45, 2.75) is 78.6 Å². The van der Waals surface area contributed by atoms with Gasteiger partial charge < -0.3 is 30.5 Å². The number of carbonyl (C=O) groups is 3. The highest BCUT2D eigenvalue weighted by atomic mass is 16.6. The average Bonchev–Trinajstić information content (AvgIpc) is 2.89. The van der Waals surface area contributed by atoms with Gasteiger partial charge in [0.25, 0.3) is 5.91 Å². The van der Waals surface area contributed by atoms with E-state index in [1.54, 1.807) is 84.0 Å². The fraction of sp³-hybridized carbons (Fsp3) is 0.364. The highest BCUT2D eigenvalue weighted by Gasteiger charge is 2.39. The van der Waals surface area contributed by atoms with Gasteiger partial charge in [-0.1, -0.05) is 48.5 Å². The summed E-state index contributed by atoms with van der Waals surface area (Å²) >= 11 is 0. The third-order valence-electron chi connectivity index (χ3n) is 6.67. The maximum atomic E-state index is 14.4. The van der Waals surface area contributed by atoms with Crippen LogP contribution in [0.25, 0.3) is 0 Å². The maximum absolute atomic E-state index is 14.4. The van der Waals surface area contributed by atoms with Crippen LogP contribution in [0, 0.1) is 13.8 Å². The molecule has 0 aliphatic heterocycles. The minimum atomic E-state index is -1.24. The van der Waals surface area contributed by atoms with Crippen molar-refractivity contribution in [3.63, 3.8) is 0 Å². The number of nitrogens with one attached hydrogen (secondary N) is 2. The number of anilines is 1. The molecule has 9 nitrogen and oxygen atoms in total. The molecule has 2 unspecified atom stereocenters. The molecule has 224 valence electrons. The standard InChI is InChI=1S/C33H41N3O6/c1-20(2)36(31(40)27(35-32(41)42-33(5,6)7)19-23-15-17-24(37)18-16-23)28(25-13-10-12-22(4)29(25)38)30(39)34-26-14-9-8-11-21(26)3/h8-18,20,27-28,37-38H,19H2,1-7H3,(H,34,39)(H,35,41). The van der Waals surface area contributed by atoms with Gasteiger partial charge in [0.15, 0.2) is 0 Å². The number of phenols is 2. The predicted octanol–water partition coefficient (Wildman–Crippen LogP) is 5.77. The van der Waals surface area contributed by atoms with Crippen molar-refractivity contribution in [3.8, 4) is 11.5 Å². The molecule has 3 aromatic carbocycles. The van der Waals surface area contributed by atoms with E-state index in [1.165, 1.54) is 17.0 Å². The van der Waals surface area contributed by atoms with Crippen LogP contribution in [0.3, 0.4) is 0 Å². The van der Waals surface area contributed by atoms with Crippen LogP contribution in [0.4, 0.5) is 10.5 Å². The number of ether oxygens (including phenoxy) is 1. The van der Waals surface area contributed by atoms with Crippen LogP contribution in [0.2, 0.25) is 0 Å². The van der Waals surface area contributed by atoms with Crippen molar-refractivity contribution in [1.29, 1.82) is 0 Å². The number of carbonyl (C=O) groups excluding carboxylic acids is 3. The van der Waals surface area contributed by atoms with E-state index in [2.05, 4.69) is 10.6 Å². The zero-order valence-corrected chi connectivity index (χ0v) is 25.3. The van der Waals surface area contributed by atoms with Gasteiger partial charge in [-0.05, 0) is 83.4 Å². The number of rotatable bonds is 9. The molecule has 0 saturated heterocycles. The highest BCUT2D eigenvalue weighted by Crippen LogP contribution is 2.34. The second kappa shape index (κ2) is 13.4. The van der Waals surface area contributed by atoms with Crippen LogP contribution in [0.15, 0.2) is 66.7 Å². The van der Waals surface area contributed by atoms with Gasteiger partial charge in [0, 0.05) is 23.7 Å². The Morgan fingerprint density at radius 3 is 2.10 bits per heavy atom. The molecule has 0 heterocycles. The molecule has 2 atom stereocenters. The number of aromatic hydroxyl groups is 2. The molecule has 0 saturated carbocycles. The lowest BCUT2D eigenvalue weighted by Crippen LogP contribution is -2.55. The Bertz CT molecular complexity index is 1410. The van der Waals surface area contributed by atoms with E-state index in [0.29, 0.717) is 16.8 Å². The SMILES string of the molecule is Cc1ccccc1NC(=O)C(c1cccc(C)c1O)N(C(=O)C(Cc1ccc(O)cc1)NC(=O)OC(C)(C)C)C(C)C. The molecule has 3 amide bonds. The fourth-order valence-corrected chi connectivity index (χ4v) is 4.61.